The van der Waals surface area contributed by atoms with Crippen molar-refractivity contribution in [1.82, 2.24) is 4.98 Å². The summed E-state index contributed by atoms with van der Waals surface area (Å²) in [4.78, 5) is 32.6. The number of carbonyl (C=O) groups excluding carboxylic acids is 2. The number of ether oxygens (including phenoxy) is 1. The molecular formula is C28H23FN2O4S. The number of Topliss-reactive ketones (excluding diaryl/α,β-unsaturated/α-hetero) is 1. The van der Waals surface area contributed by atoms with Gasteiger partial charge in [-0.25, -0.2) is 9.37 Å². The van der Waals surface area contributed by atoms with E-state index in [1.165, 1.54) is 41.5 Å². The van der Waals surface area contributed by atoms with Gasteiger partial charge in [-0.3, -0.25) is 14.5 Å². The molecule has 36 heavy (non-hydrogen) atoms. The van der Waals surface area contributed by atoms with Crippen LogP contribution in [0.2, 0.25) is 0 Å². The van der Waals surface area contributed by atoms with E-state index in [2.05, 4.69) is 4.98 Å². The molecule has 0 spiro atoms. The van der Waals surface area contributed by atoms with Gasteiger partial charge in [0, 0.05) is 11.1 Å². The normalized spacial score (nSPS) is 17.2. The van der Waals surface area contributed by atoms with Gasteiger partial charge >= 0.3 is 5.91 Å². The van der Waals surface area contributed by atoms with E-state index >= 15 is 4.39 Å². The molecule has 0 saturated carbocycles. The maximum absolute atomic E-state index is 15.1. The number of anilines is 1. The van der Waals surface area contributed by atoms with E-state index < -0.39 is 23.5 Å². The molecule has 0 aliphatic carbocycles. The molecule has 1 aliphatic rings. The Bertz CT molecular complexity index is 1590. The number of nitrogens with zero attached hydrogens (tertiary/aromatic N) is 2. The first-order chi connectivity index (χ1) is 17.2. The van der Waals surface area contributed by atoms with Gasteiger partial charge in [0.15, 0.2) is 5.13 Å². The molecule has 4 aromatic rings. The molecule has 1 atom stereocenters. The highest BCUT2D eigenvalue weighted by molar-refractivity contribution is 7.22. The molecule has 5 rings (SSSR count). The first kappa shape index (κ1) is 23.7. The highest BCUT2D eigenvalue weighted by Crippen LogP contribution is 2.45. The van der Waals surface area contributed by atoms with Gasteiger partial charge in [0.2, 0.25) is 0 Å². The molecule has 6 nitrogen and oxygen atoms in total. The van der Waals surface area contributed by atoms with Crippen molar-refractivity contribution in [1.29, 1.82) is 0 Å². The number of aliphatic hydroxyl groups is 1. The number of thiazole rings is 1. The van der Waals surface area contributed by atoms with Crippen molar-refractivity contribution < 1.29 is 23.8 Å². The maximum Gasteiger partial charge on any atom is 0.301 e. The standard InChI is InChI=1S/C28H23FN2O4S/c1-14-11-16(3)23-21(12-14)36-28(30-23)31-24(18-7-5-6-8-19(18)29)22(26(33)27(31)34)25(32)17-9-10-20(35-4)15(2)13-17/h5-13,24,32H,1-4H3. The summed E-state index contributed by atoms with van der Waals surface area (Å²) in [6.45, 7) is 5.69. The summed E-state index contributed by atoms with van der Waals surface area (Å²) in [5.41, 5.74) is 3.63. The van der Waals surface area contributed by atoms with E-state index in [4.69, 9.17) is 4.74 Å². The second-order valence-corrected chi connectivity index (χ2v) is 9.81. The Balaban J connectivity index is 1.75. The molecule has 1 N–H and O–H groups in total. The Morgan fingerprint density at radius 2 is 1.81 bits per heavy atom. The molecule has 1 saturated heterocycles. The average molecular weight is 503 g/mol. The zero-order valence-electron chi connectivity index (χ0n) is 20.1. The third-order valence-electron chi connectivity index (χ3n) is 6.34. The Kier molecular flexibility index (Phi) is 5.84. The molecule has 1 aromatic heterocycles. The third-order valence-corrected chi connectivity index (χ3v) is 7.34. The highest BCUT2D eigenvalue weighted by Gasteiger charge is 2.49. The average Bonchev–Trinajstić information content (AvgIpc) is 3.37. The number of aliphatic hydroxyl groups excluding tert-OH is 1. The van der Waals surface area contributed by atoms with Gasteiger partial charge in [-0.1, -0.05) is 35.6 Å². The topological polar surface area (TPSA) is 79.7 Å². The quantitative estimate of drug-likeness (QED) is 0.210. The Morgan fingerprint density at radius 1 is 1.06 bits per heavy atom. The largest absolute Gasteiger partial charge is 0.507 e. The number of halogens is 1. The SMILES string of the molecule is COc1ccc(C(O)=C2C(=O)C(=O)N(c3nc4c(C)cc(C)cc4s3)C2c2ccccc2F)cc1C. The van der Waals surface area contributed by atoms with Crippen LogP contribution in [0, 0.1) is 26.6 Å². The van der Waals surface area contributed by atoms with Crippen LogP contribution in [0.15, 0.2) is 60.2 Å². The number of methoxy groups -OCH3 is 1. The summed E-state index contributed by atoms with van der Waals surface area (Å²) in [5, 5.41) is 11.6. The fraction of sp³-hybridized carbons (Fsp3) is 0.179. The smallest absolute Gasteiger partial charge is 0.301 e. The Hall–Kier alpha value is -4.04. The van der Waals surface area contributed by atoms with Gasteiger partial charge in [-0.05, 0) is 67.8 Å². The lowest BCUT2D eigenvalue weighted by molar-refractivity contribution is -0.132. The second kappa shape index (κ2) is 8.87. The van der Waals surface area contributed by atoms with Gasteiger partial charge in [0.05, 0.1) is 22.9 Å². The summed E-state index contributed by atoms with van der Waals surface area (Å²) in [6, 6.07) is 13.6. The molecule has 1 amide bonds. The van der Waals surface area contributed by atoms with Crippen molar-refractivity contribution in [2.45, 2.75) is 26.8 Å². The number of ketones is 1. The summed E-state index contributed by atoms with van der Waals surface area (Å²) < 4.78 is 21.3. The minimum Gasteiger partial charge on any atom is -0.507 e. The number of aromatic nitrogens is 1. The van der Waals surface area contributed by atoms with Gasteiger partial charge in [0.1, 0.15) is 23.4 Å². The van der Waals surface area contributed by atoms with Crippen molar-refractivity contribution >= 4 is 44.1 Å². The molecule has 0 bridgehead atoms. The van der Waals surface area contributed by atoms with Crippen LogP contribution in [0.4, 0.5) is 9.52 Å². The summed E-state index contributed by atoms with van der Waals surface area (Å²) >= 11 is 1.25. The van der Waals surface area contributed by atoms with E-state index in [0.717, 1.165) is 21.4 Å². The maximum atomic E-state index is 15.1. The third kappa shape index (κ3) is 3.74. The van der Waals surface area contributed by atoms with E-state index in [0.29, 0.717) is 16.8 Å². The zero-order chi connectivity index (χ0) is 25.7. The Morgan fingerprint density at radius 3 is 2.50 bits per heavy atom. The van der Waals surface area contributed by atoms with Crippen LogP contribution in [-0.4, -0.2) is 28.9 Å². The van der Waals surface area contributed by atoms with Gasteiger partial charge in [0.25, 0.3) is 5.78 Å². The van der Waals surface area contributed by atoms with Crippen LogP contribution in [0.5, 0.6) is 5.75 Å². The van der Waals surface area contributed by atoms with Crippen LogP contribution in [-0.2, 0) is 9.59 Å². The molecule has 8 heteroatoms. The van der Waals surface area contributed by atoms with Gasteiger partial charge in [-0.2, -0.15) is 0 Å². The summed E-state index contributed by atoms with van der Waals surface area (Å²) in [7, 11) is 1.53. The van der Waals surface area contributed by atoms with Crippen LogP contribution in [0.3, 0.4) is 0 Å². The lowest BCUT2D eigenvalue weighted by Gasteiger charge is -2.23. The van der Waals surface area contributed by atoms with E-state index in [1.54, 1.807) is 31.2 Å². The molecule has 1 unspecified atom stereocenters. The first-order valence-electron chi connectivity index (χ1n) is 11.3. The predicted molar refractivity (Wildman–Crippen MR) is 138 cm³/mol. The number of carbonyl (C=O) groups is 2. The number of hydrogen-bond acceptors (Lipinski definition) is 6. The monoisotopic (exact) mass is 502 g/mol. The molecular weight excluding hydrogens is 479 g/mol. The van der Waals surface area contributed by atoms with Crippen molar-refractivity contribution in [3.63, 3.8) is 0 Å². The fourth-order valence-corrected chi connectivity index (χ4v) is 5.83. The highest BCUT2D eigenvalue weighted by atomic mass is 32.1. The first-order valence-corrected chi connectivity index (χ1v) is 12.1. The molecule has 3 aromatic carbocycles. The summed E-state index contributed by atoms with van der Waals surface area (Å²) in [6.07, 6.45) is 0. The molecule has 2 heterocycles. The number of aryl methyl sites for hydroxylation is 3. The van der Waals surface area contributed by atoms with Gasteiger partial charge < -0.3 is 9.84 Å². The van der Waals surface area contributed by atoms with E-state index in [1.807, 2.05) is 26.0 Å². The zero-order valence-corrected chi connectivity index (χ0v) is 20.9. The van der Waals surface area contributed by atoms with Crippen molar-refractivity contribution in [3.8, 4) is 5.75 Å². The van der Waals surface area contributed by atoms with Crippen LogP contribution in [0.1, 0.15) is 33.9 Å². The van der Waals surface area contributed by atoms with E-state index in [9.17, 15) is 14.7 Å². The van der Waals surface area contributed by atoms with Crippen molar-refractivity contribution in [3.05, 3.63) is 93.8 Å². The van der Waals surface area contributed by atoms with Crippen molar-refractivity contribution in [2.75, 3.05) is 12.0 Å². The Labute approximate surface area is 211 Å². The number of hydrogen-bond donors (Lipinski definition) is 1. The van der Waals surface area contributed by atoms with Crippen LogP contribution < -0.4 is 9.64 Å². The summed E-state index contributed by atoms with van der Waals surface area (Å²) in [5.74, 6) is -2.15. The van der Waals surface area contributed by atoms with Gasteiger partial charge in [-0.15, -0.1) is 0 Å². The minimum absolute atomic E-state index is 0.0932. The number of fused-ring (bicyclic) bond motifs is 1. The molecule has 1 fully saturated rings. The van der Waals surface area contributed by atoms with Crippen molar-refractivity contribution in [2.24, 2.45) is 0 Å². The lowest BCUT2D eigenvalue weighted by atomic mass is 9.94. The molecule has 1 aliphatic heterocycles. The number of rotatable bonds is 4. The number of amides is 1. The van der Waals surface area contributed by atoms with Crippen LogP contribution in [0.25, 0.3) is 16.0 Å². The minimum atomic E-state index is -1.18. The van der Waals surface area contributed by atoms with Crippen LogP contribution >= 0.6 is 11.3 Å². The molecule has 0 radical (unpaired) electrons. The lowest BCUT2D eigenvalue weighted by Crippen LogP contribution is -2.29. The molecule has 182 valence electrons. The predicted octanol–water partition coefficient (Wildman–Crippen LogP) is 6.00. The fourth-order valence-electron chi connectivity index (χ4n) is 4.66. The van der Waals surface area contributed by atoms with E-state index in [-0.39, 0.29) is 22.0 Å². The second-order valence-electron chi connectivity index (χ2n) is 8.80. The number of benzene rings is 3.